The Hall–Kier alpha value is -1.42. The van der Waals surface area contributed by atoms with Crippen molar-refractivity contribution in [1.29, 1.82) is 0 Å². The van der Waals surface area contributed by atoms with Crippen LogP contribution in [0.15, 0.2) is 24.3 Å². The molecule has 3 rings (SSSR count). The van der Waals surface area contributed by atoms with Gasteiger partial charge in [0.1, 0.15) is 5.82 Å². The number of nitrogens with one attached hydrogen (secondary N) is 2. The summed E-state index contributed by atoms with van der Waals surface area (Å²) in [6.07, 6.45) is 4.73. The maximum absolute atomic E-state index is 13.2. The van der Waals surface area contributed by atoms with E-state index in [0.29, 0.717) is 11.8 Å². The second-order valence-electron chi connectivity index (χ2n) is 6.79. The zero-order valence-corrected chi connectivity index (χ0v) is 13.1. The lowest BCUT2D eigenvalue weighted by molar-refractivity contribution is -0.127. The molecule has 1 aromatic rings. The predicted octanol–water partition coefficient (Wildman–Crippen LogP) is 3.03. The number of benzene rings is 1. The van der Waals surface area contributed by atoms with Gasteiger partial charge in [-0.3, -0.25) is 4.79 Å². The second kappa shape index (κ2) is 6.78. The minimum Gasteiger partial charge on any atom is -0.349 e. The minimum absolute atomic E-state index is 0.0195. The van der Waals surface area contributed by atoms with Crippen LogP contribution in [0, 0.1) is 23.6 Å². The van der Waals surface area contributed by atoms with Crippen molar-refractivity contribution in [3.05, 3.63) is 35.6 Å². The van der Waals surface area contributed by atoms with Crippen LogP contribution in [0.1, 0.15) is 44.2 Å². The van der Waals surface area contributed by atoms with Crippen LogP contribution < -0.4 is 10.6 Å². The van der Waals surface area contributed by atoms with Gasteiger partial charge in [0.25, 0.3) is 0 Å². The molecule has 4 heteroatoms. The number of carbonyl (C=O) groups is 1. The summed E-state index contributed by atoms with van der Waals surface area (Å²) < 4.78 is 13.2. The van der Waals surface area contributed by atoms with E-state index in [1.165, 1.54) is 25.0 Å². The largest absolute Gasteiger partial charge is 0.349 e. The minimum atomic E-state index is -0.228. The van der Waals surface area contributed by atoms with Crippen molar-refractivity contribution in [2.24, 2.45) is 17.8 Å². The molecule has 1 saturated heterocycles. The average Bonchev–Trinajstić information content (AvgIpc) is 2.97. The van der Waals surface area contributed by atoms with Crippen LogP contribution in [0.5, 0.6) is 0 Å². The van der Waals surface area contributed by atoms with Crippen molar-refractivity contribution in [1.82, 2.24) is 10.6 Å². The first kappa shape index (κ1) is 15.5. The first-order valence-electron chi connectivity index (χ1n) is 8.41. The van der Waals surface area contributed by atoms with E-state index in [2.05, 4.69) is 10.6 Å². The SMILES string of the molecule is CC(C(=O)NC(c1ccc(F)cc1)C1CCCC1)C1CNC1. The predicted molar refractivity (Wildman–Crippen MR) is 84.8 cm³/mol. The number of hydrogen-bond donors (Lipinski definition) is 2. The van der Waals surface area contributed by atoms with Gasteiger partial charge in [-0.1, -0.05) is 31.9 Å². The van der Waals surface area contributed by atoms with Crippen LogP contribution >= 0.6 is 0 Å². The molecule has 1 aliphatic carbocycles. The highest BCUT2D eigenvalue weighted by molar-refractivity contribution is 5.79. The molecule has 2 unspecified atom stereocenters. The molecule has 1 amide bonds. The van der Waals surface area contributed by atoms with E-state index in [9.17, 15) is 9.18 Å². The molecule has 1 aliphatic heterocycles. The van der Waals surface area contributed by atoms with Gasteiger partial charge in [0.15, 0.2) is 0 Å². The number of hydrogen-bond acceptors (Lipinski definition) is 2. The van der Waals surface area contributed by atoms with Gasteiger partial charge in [0.05, 0.1) is 6.04 Å². The van der Waals surface area contributed by atoms with Gasteiger partial charge >= 0.3 is 0 Å². The summed E-state index contributed by atoms with van der Waals surface area (Å²) in [4.78, 5) is 12.6. The molecule has 22 heavy (non-hydrogen) atoms. The van der Waals surface area contributed by atoms with Crippen molar-refractivity contribution < 1.29 is 9.18 Å². The van der Waals surface area contributed by atoms with E-state index < -0.39 is 0 Å². The fourth-order valence-corrected chi connectivity index (χ4v) is 3.60. The van der Waals surface area contributed by atoms with Crippen LogP contribution in [0.3, 0.4) is 0 Å². The topological polar surface area (TPSA) is 41.1 Å². The molecule has 2 atom stereocenters. The zero-order chi connectivity index (χ0) is 15.5. The highest BCUT2D eigenvalue weighted by Crippen LogP contribution is 2.36. The van der Waals surface area contributed by atoms with Gasteiger partial charge < -0.3 is 10.6 Å². The van der Waals surface area contributed by atoms with Crippen LogP contribution in [-0.4, -0.2) is 19.0 Å². The van der Waals surface area contributed by atoms with Gasteiger partial charge in [0.2, 0.25) is 5.91 Å². The number of amides is 1. The second-order valence-corrected chi connectivity index (χ2v) is 6.79. The number of carbonyl (C=O) groups excluding carboxylic acids is 1. The molecule has 2 N–H and O–H groups in total. The smallest absolute Gasteiger partial charge is 0.223 e. The highest BCUT2D eigenvalue weighted by atomic mass is 19.1. The lowest BCUT2D eigenvalue weighted by Gasteiger charge is -2.34. The molecule has 3 nitrogen and oxygen atoms in total. The third kappa shape index (κ3) is 3.32. The maximum Gasteiger partial charge on any atom is 0.223 e. The summed E-state index contributed by atoms with van der Waals surface area (Å²) in [6, 6.07) is 6.62. The number of rotatable bonds is 5. The van der Waals surface area contributed by atoms with Gasteiger partial charge in [-0.15, -0.1) is 0 Å². The standard InChI is InChI=1S/C18H25FN2O/c1-12(15-10-20-11-15)18(22)21-17(13-4-2-3-5-13)14-6-8-16(19)9-7-14/h6-9,12-13,15,17,20H,2-5,10-11H2,1H3,(H,21,22). The summed E-state index contributed by atoms with van der Waals surface area (Å²) in [5, 5.41) is 6.48. The Morgan fingerprint density at radius 3 is 2.36 bits per heavy atom. The molecular weight excluding hydrogens is 279 g/mol. The molecule has 2 aliphatic rings. The van der Waals surface area contributed by atoms with E-state index in [4.69, 9.17) is 0 Å². The molecule has 0 aromatic heterocycles. The quantitative estimate of drug-likeness (QED) is 0.878. The molecule has 1 heterocycles. The zero-order valence-electron chi connectivity index (χ0n) is 13.1. The van der Waals surface area contributed by atoms with Crippen molar-refractivity contribution in [3.8, 4) is 0 Å². The van der Waals surface area contributed by atoms with Crippen LogP contribution in [-0.2, 0) is 4.79 Å². The van der Waals surface area contributed by atoms with Gasteiger partial charge in [-0.25, -0.2) is 4.39 Å². The van der Waals surface area contributed by atoms with E-state index in [0.717, 1.165) is 31.5 Å². The van der Waals surface area contributed by atoms with Crippen molar-refractivity contribution in [2.75, 3.05) is 13.1 Å². The van der Waals surface area contributed by atoms with E-state index >= 15 is 0 Å². The first-order valence-corrected chi connectivity index (χ1v) is 8.41. The van der Waals surface area contributed by atoms with Crippen molar-refractivity contribution >= 4 is 5.91 Å². The van der Waals surface area contributed by atoms with Gasteiger partial charge in [0, 0.05) is 5.92 Å². The summed E-state index contributed by atoms with van der Waals surface area (Å²) in [7, 11) is 0. The average molecular weight is 304 g/mol. The number of halogens is 1. The van der Waals surface area contributed by atoms with E-state index in [1.54, 1.807) is 0 Å². The fourth-order valence-electron chi connectivity index (χ4n) is 3.60. The van der Waals surface area contributed by atoms with Crippen molar-refractivity contribution in [3.63, 3.8) is 0 Å². The van der Waals surface area contributed by atoms with Crippen molar-refractivity contribution in [2.45, 2.75) is 38.6 Å². The van der Waals surface area contributed by atoms with E-state index in [-0.39, 0.29) is 23.7 Å². The Labute approximate surface area is 131 Å². The maximum atomic E-state index is 13.2. The molecule has 120 valence electrons. The van der Waals surface area contributed by atoms with Gasteiger partial charge in [-0.2, -0.15) is 0 Å². The summed E-state index contributed by atoms with van der Waals surface area (Å²) in [5.41, 5.74) is 1.03. The third-order valence-electron chi connectivity index (χ3n) is 5.33. The molecular formula is C18H25FN2O. The molecule has 1 saturated carbocycles. The lowest BCUT2D eigenvalue weighted by Crippen LogP contribution is -2.50. The Morgan fingerprint density at radius 2 is 1.82 bits per heavy atom. The Morgan fingerprint density at radius 1 is 1.18 bits per heavy atom. The molecule has 0 radical (unpaired) electrons. The van der Waals surface area contributed by atoms with Crippen LogP contribution in [0.25, 0.3) is 0 Å². The fraction of sp³-hybridized carbons (Fsp3) is 0.611. The highest BCUT2D eigenvalue weighted by Gasteiger charge is 2.33. The Kier molecular flexibility index (Phi) is 4.77. The summed E-state index contributed by atoms with van der Waals surface area (Å²) in [6.45, 7) is 3.87. The molecule has 1 aromatic carbocycles. The third-order valence-corrected chi connectivity index (χ3v) is 5.33. The molecule has 0 bridgehead atoms. The van der Waals surface area contributed by atoms with Gasteiger partial charge in [-0.05, 0) is 55.5 Å². The van der Waals surface area contributed by atoms with E-state index in [1.807, 2.05) is 19.1 Å². The lowest BCUT2D eigenvalue weighted by atomic mass is 9.86. The molecule has 0 spiro atoms. The summed E-state index contributed by atoms with van der Waals surface area (Å²) >= 11 is 0. The van der Waals surface area contributed by atoms with Crippen LogP contribution in [0.2, 0.25) is 0 Å². The first-order chi connectivity index (χ1) is 10.6. The monoisotopic (exact) mass is 304 g/mol. The summed E-state index contributed by atoms with van der Waals surface area (Å²) in [5.74, 6) is 0.853. The Bertz CT molecular complexity index is 506. The molecule has 2 fully saturated rings. The Balaban J connectivity index is 1.73. The van der Waals surface area contributed by atoms with Crippen LogP contribution in [0.4, 0.5) is 4.39 Å². The normalized spacial score (nSPS) is 22.1.